The van der Waals surface area contributed by atoms with Crippen molar-refractivity contribution in [2.75, 3.05) is 18.5 Å². The highest BCUT2D eigenvalue weighted by Gasteiger charge is 2.28. The lowest BCUT2D eigenvalue weighted by atomic mass is 10.1. The molecular formula is C29H34N4O6S. The zero-order valence-corrected chi connectivity index (χ0v) is 23.7. The molecule has 0 spiro atoms. The Morgan fingerprint density at radius 2 is 1.50 bits per heavy atom. The van der Waals surface area contributed by atoms with Gasteiger partial charge < -0.3 is 14.8 Å². The van der Waals surface area contributed by atoms with Crippen LogP contribution in [0.15, 0.2) is 82.8 Å². The van der Waals surface area contributed by atoms with Gasteiger partial charge in [-0.25, -0.2) is 13.8 Å². The molecule has 0 heterocycles. The first-order valence-electron chi connectivity index (χ1n) is 12.7. The summed E-state index contributed by atoms with van der Waals surface area (Å²) in [5.74, 6) is -0.00929. The fourth-order valence-electron chi connectivity index (χ4n) is 3.48. The Labute approximate surface area is 234 Å². The van der Waals surface area contributed by atoms with Gasteiger partial charge in [0.25, 0.3) is 11.8 Å². The fourth-order valence-corrected chi connectivity index (χ4v) is 4.83. The second kappa shape index (κ2) is 14.2. The number of nitrogens with zero attached hydrogens (tertiary/aromatic N) is 1. The van der Waals surface area contributed by atoms with Gasteiger partial charge in [-0.1, -0.05) is 31.5 Å². The number of hydrogen-bond donors (Lipinski definition) is 3. The Morgan fingerprint density at radius 1 is 0.900 bits per heavy atom. The van der Waals surface area contributed by atoms with Crippen molar-refractivity contribution in [3.05, 3.63) is 83.9 Å². The number of carbonyl (C=O) groups is 2. The van der Waals surface area contributed by atoms with Gasteiger partial charge in [0.15, 0.2) is 6.61 Å². The van der Waals surface area contributed by atoms with Crippen LogP contribution in [0, 0.1) is 12.8 Å². The van der Waals surface area contributed by atoms with Gasteiger partial charge in [0.2, 0.25) is 10.0 Å². The molecule has 0 saturated heterocycles. The Hall–Kier alpha value is -4.22. The highest BCUT2D eigenvalue weighted by Crippen LogP contribution is 2.16. The van der Waals surface area contributed by atoms with Gasteiger partial charge in [0.05, 0.1) is 17.7 Å². The van der Waals surface area contributed by atoms with Crippen LogP contribution in [0.2, 0.25) is 0 Å². The molecule has 0 aromatic heterocycles. The SMILES string of the molecule is CCOc1ccc(NC(=O)COc2ccc(/C=N\NC(=O)[C@H](NS(=O)(=O)c3ccc(C)cc3)C(C)C)cc2)cc1. The first-order chi connectivity index (χ1) is 19.1. The average Bonchev–Trinajstić information content (AvgIpc) is 2.92. The maximum atomic E-state index is 12.7. The van der Waals surface area contributed by atoms with Crippen LogP contribution in [-0.4, -0.2) is 45.7 Å². The molecule has 1 atom stereocenters. The van der Waals surface area contributed by atoms with Crippen molar-refractivity contribution in [3.8, 4) is 11.5 Å². The van der Waals surface area contributed by atoms with E-state index >= 15 is 0 Å². The number of nitrogens with one attached hydrogen (secondary N) is 3. The summed E-state index contributed by atoms with van der Waals surface area (Å²) in [5, 5.41) is 6.70. The van der Waals surface area contributed by atoms with E-state index in [0.29, 0.717) is 23.6 Å². The first-order valence-corrected chi connectivity index (χ1v) is 14.2. The molecule has 0 aliphatic rings. The van der Waals surface area contributed by atoms with Crippen LogP contribution in [0.5, 0.6) is 11.5 Å². The van der Waals surface area contributed by atoms with Crippen LogP contribution in [-0.2, 0) is 19.6 Å². The van der Waals surface area contributed by atoms with E-state index in [-0.39, 0.29) is 23.3 Å². The molecule has 0 aliphatic heterocycles. The first kappa shape index (κ1) is 30.3. The summed E-state index contributed by atoms with van der Waals surface area (Å²) in [4.78, 5) is 25.0. The summed E-state index contributed by atoms with van der Waals surface area (Å²) >= 11 is 0. The molecule has 0 radical (unpaired) electrons. The summed E-state index contributed by atoms with van der Waals surface area (Å²) in [6.45, 7) is 7.63. The van der Waals surface area contributed by atoms with Crippen molar-refractivity contribution < 1.29 is 27.5 Å². The highest BCUT2D eigenvalue weighted by atomic mass is 32.2. The van der Waals surface area contributed by atoms with Crippen LogP contribution >= 0.6 is 0 Å². The van der Waals surface area contributed by atoms with Gasteiger partial charge >= 0.3 is 0 Å². The Morgan fingerprint density at radius 3 is 2.10 bits per heavy atom. The van der Waals surface area contributed by atoms with Gasteiger partial charge in [-0.15, -0.1) is 0 Å². The van der Waals surface area contributed by atoms with Gasteiger partial charge in [0.1, 0.15) is 17.5 Å². The normalized spacial score (nSPS) is 12.2. The van der Waals surface area contributed by atoms with Crippen LogP contribution in [0.25, 0.3) is 0 Å². The molecule has 212 valence electrons. The van der Waals surface area contributed by atoms with Crippen LogP contribution in [0.3, 0.4) is 0 Å². The zero-order chi connectivity index (χ0) is 29.1. The van der Waals surface area contributed by atoms with E-state index in [0.717, 1.165) is 11.3 Å². The fraction of sp³-hybridized carbons (Fsp3) is 0.276. The number of hydrazone groups is 1. The molecule has 3 N–H and O–H groups in total. The largest absolute Gasteiger partial charge is 0.494 e. The van der Waals surface area contributed by atoms with Crippen molar-refractivity contribution in [2.45, 2.75) is 38.6 Å². The predicted molar refractivity (Wildman–Crippen MR) is 154 cm³/mol. The molecule has 11 heteroatoms. The Bertz CT molecular complexity index is 1400. The number of sulfonamides is 1. The van der Waals surface area contributed by atoms with Gasteiger partial charge in [0, 0.05) is 5.69 Å². The van der Waals surface area contributed by atoms with Gasteiger partial charge in [-0.3, -0.25) is 9.59 Å². The second-order valence-electron chi connectivity index (χ2n) is 9.25. The minimum Gasteiger partial charge on any atom is -0.494 e. The molecule has 0 saturated carbocycles. The summed E-state index contributed by atoms with van der Waals surface area (Å²) in [7, 11) is -3.89. The average molecular weight is 567 g/mol. The molecule has 0 bridgehead atoms. The van der Waals surface area contributed by atoms with Gasteiger partial charge in [-0.05, 0) is 86.0 Å². The second-order valence-corrected chi connectivity index (χ2v) is 11.0. The van der Waals surface area contributed by atoms with E-state index in [2.05, 4.69) is 20.6 Å². The number of benzene rings is 3. The van der Waals surface area contributed by atoms with Crippen molar-refractivity contribution in [1.82, 2.24) is 10.1 Å². The topological polar surface area (TPSA) is 135 Å². The predicted octanol–water partition coefficient (Wildman–Crippen LogP) is 3.86. The number of rotatable bonds is 13. The molecule has 3 rings (SSSR count). The van der Waals surface area contributed by atoms with E-state index in [1.54, 1.807) is 74.5 Å². The minimum absolute atomic E-state index is 0.0796. The highest BCUT2D eigenvalue weighted by molar-refractivity contribution is 7.89. The van der Waals surface area contributed by atoms with E-state index in [1.165, 1.54) is 18.3 Å². The number of anilines is 1. The minimum atomic E-state index is -3.89. The molecule has 0 unspecified atom stereocenters. The van der Waals surface area contributed by atoms with E-state index < -0.39 is 22.0 Å². The lowest BCUT2D eigenvalue weighted by Gasteiger charge is -2.20. The van der Waals surface area contributed by atoms with Crippen LogP contribution < -0.4 is 24.9 Å². The van der Waals surface area contributed by atoms with E-state index in [1.807, 2.05) is 13.8 Å². The lowest BCUT2D eigenvalue weighted by Crippen LogP contribution is -2.48. The lowest BCUT2D eigenvalue weighted by molar-refractivity contribution is -0.123. The number of aryl methyl sites for hydroxylation is 1. The quantitative estimate of drug-likeness (QED) is 0.212. The van der Waals surface area contributed by atoms with E-state index in [9.17, 15) is 18.0 Å². The summed E-state index contributed by atoms with van der Waals surface area (Å²) in [5.41, 5.74) is 4.62. The zero-order valence-electron chi connectivity index (χ0n) is 22.9. The summed E-state index contributed by atoms with van der Waals surface area (Å²) in [6.07, 6.45) is 1.42. The molecule has 0 fully saturated rings. The number of amides is 2. The monoisotopic (exact) mass is 566 g/mol. The Balaban J connectivity index is 1.49. The molecule has 2 amide bonds. The maximum Gasteiger partial charge on any atom is 0.262 e. The smallest absolute Gasteiger partial charge is 0.262 e. The van der Waals surface area contributed by atoms with E-state index in [4.69, 9.17) is 9.47 Å². The third-order valence-electron chi connectivity index (χ3n) is 5.65. The molecule has 10 nitrogen and oxygen atoms in total. The van der Waals surface area contributed by atoms with Crippen molar-refractivity contribution in [2.24, 2.45) is 11.0 Å². The summed E-state index contributed by atoms with van der Waals surface area (Å²) < 4.78 is 38.9. The van der Waals surface area contributed by atoms with Gasteiger partial charge in [-0.2, -0.15) is 9.82 Å². The standard InChI is InChI=1S/C29H34N4O6S/c1-5-38-24-14-10-23(11-15-24)31-27(34)19-39-25-12-8-22(9-13-25)18-30-32-29(35)28(20(2)3)33-40(36,37)26-16-6-21(4)7-17-26/h6-18,20,28,33H,5,19H2,1-4H3,(H,31,34)(H,32,35)/b30-18-/t28-/m1/s1. The number of carbonyl (C=O) groups excluding carboxylic acids is 2. The molecule has 0 aliphatic carbocycles. The molecule has 3 aromatic rings. The Kier molecular flexibility index (Phi) is 10.8. The van der Waals surface area contributed by atoms with Crippen molar-refractivity contribution in [3.63, 3.8) is 0 Å². The molecule has 40 heavy (non-hydrogen) atoms. The third kappa shape index (κ3) is 9.21. The number of hydrogen-bond acceptors (Lipinski definition) is 7. The van der Waals surface area contributed by atoms with Crippen LogP contribution in [0.4, 0.5) is 5.69 Å². The molecular weight excluding hydrogens is 532 g/mol. The van der Waals surface area contributed by atoms with Crippen molar-refractivity contribution >= 4 is 33.7 Å². The maximum absolute atomic E-state index is 12.7. The van der Waals surface area contributed by atoms with Crippen LogP contribution in [0.1, 0.15) is 31.9 Å². The van der Waals surface area contributed by atoms with Crippen molar-refractivity contribution in [1.29, 1.82) is 0 Å². The summed E-state index contributed by atoms with van der Waals surface area (Å²) in [6, 6.07) is 19.1. The third-order valence-corrected chi connectivity index (χ3v) is 7.11. The number of ether oxygens (including phenoxy) is 2. The molecule has 3 aromatic carbocycles.